The molecule has 68 valence electrons. The highest BCUT2D eigenvalue weighted by atomic mass is 16.3. The molecule has 0 bridgehead atoms. The molecule has 2 heteroatoms. The molecule has 2 fully saturated rings. The fourth-order valence-electron chi connectivity index (χ4n) is 2.94. The molecule has 3 atom stereocenters. The average molecular weight is 167 g/mol. The van der Waals surface area contributed by atoms with E-state index in [2.05, 4.69) is 5.18 Å². The predicted octanol–water partition coefficient (Wildman–Crippen LogP) is 3.11. The van der Waals surface area contributed by atoms with Gasteiger partial charge in [0.2, 0.25) is 0 Å². The maximum Gasteiger partial charge on any atom is 0.0922 e. The van der Waals surface area contributed by atoms with Crippen molar-refractivity contribution in [3.8, 4) is 0 Å². The second-order valence-corrected chi connectivity index (χ2v) is 4.38. The standard InChI is InChI=1S/C10H17NO/c12-11-10-6-5-8-3-1-2-4-9(8)7-10/h8-10H,1-7H2. The summed E-state index contributed by atoms with van der Waals surface area (Å²) < 4.78 is 0. The maximum absolute atomic E-state index is 10.4. The SMILES string of the molecule is O=NC1CCC2CCCCC2C1. The van der Waals surface area contributed by atoms with Crippen molar-refractivity contribution >= 4 is 0 Å². The first-order chi connectivity index (χ1) is 5.90. The van der Waals surface area contributed by atoms with Gasteiger partial charge in [0.1, 0.15) is 0 Å². The summed E-state index contributed by atoms with van der Waals surface area (Å²) in [4.78, 5) is 10.4. The van der Waals surface area contributed by atoms with E-state index < -0.39 is 0 Å². The molecule has 0 N–H and O–H groups in total. The summed E-state index contributed by atoms with van der Waals surface area (Å²) >= 11 is 0. The van der Waals surface area contributed by atoms with Crippen molar-refractivity contribution in [2.24, 2.45) is 17.0 Å². The van der Waals surface area contributed by atoms with Gasteiger partial charge in [-0.05, 0) is 31.1 Å². The lowest BCUT2D eigenvalue weighted by atomic mass is 9.69. The van der Waals surface area contributed by atoms with Crippen LogP contribution in [0, 0.1) is 16.7 Å². The minimum absolute atomic E-state index is 0.157. The van der Waals surface area contributed by atoms with Crippen molar-refractivity contribution in [1.82, 2.24) is 0 Å². The highest BCUT2D eigenvalue weighted by molar-refractivity contribution is 4.85. The van der Waals surface area contributed by atoms with Gasteiger partial charge in [-0.15, -0.1) is 0 Å². The Balaban J connectivity index is 1.93. The van der Waals surface area contributed by atoms with E-state index in [9.17, 15) is 4.91 Å². The van der Waals surface area contributed by atoms with Gasteiger partial charge in [0, 0.05) is 0 Å². The molecule has 2 saturated carbocycles. The summed E-state index contributed by atoms with van der Waals surface area (Å²) in [5.74, 6) is 1.78. The first kappa shape index (κ1) is 8.21. The van der Waals surface area contributed by atoms with Gasteiger partial charge >= 0.3 is 0 Å². The topological polar surface area (TPSA) is 29.4 Å². The molecule has 0 radical (unpaired) electrons. The van der Waals surface area contributed by atoms with E-state index in [0.717, 1.165) is 24.7 Å². The Bertz CT molecular complexity index is 169. The average Bonchev–Trinajstić information content (AvgIpc) is 2.17. The molecule has 0 amide bonds. The van der Waals surface area contributed by atoms with Gasteiger partial charge in [-0.2, -0.15) is 4.91 Å². The molecule has 0 spiro atoms. The van der Waals surface area contributed by atoms with Crippen LogP contribution in [-0.4, -0.2) is 6.04 Å². The molecular formula is C10H17NO. The third-order valence-electron chi connectivity index (χ3n) is 3.66. The van der Waals surface area contributed by atoms with Crippen molar-refractivity contribution in [2.45, 2.75) is 51.0 Å². The van der Waals surface area contributed by atoms with Crippen LogP contribution in [-0.2, 0) is 0 Å². The Hall–Kier alpha value is -0.400. The highest BCUT2D eigenvalue weighted by Crippen LogP contribution is 2.41. The van der Waals surface area contributed by atoms with Crippen molar-refractivity contribution in [3.05, 3.63) is 4.91 Å². The van der Waals surface area contributed by atoms with Crippen molar-refractivity contribution in [2.75, 3.05) is 0 Å². The molecule has 2 nitrogen and oxygen atoms in total. The summed E-state index contributed by atoms with van der Waals surface area (Å²) in [6, 6.07) is 0.157. The van der Waals surface area contributed by atoms with E-state index in [1.165, 1.54) is 32.1 Å². The zero-order valence-electron chi connectivity index (χ0n) is 7.54. The molecule has 2 aliphatic rings. The van der Waals surface area contributed by atoms with E-state index in [0.29, 0.717) is 0 Å². The Morgan fingerprint density at radius 3 is 2.42 bits per heavy atom. The third kappa shape index (κ3) is 1.52. The molecule has 2 rings (SSSR count). The number of fused-ring (bicyclic) bond motifs is 1. The van der Waals surface area contributed by atoms with Crippen LogP contribution in [0.3, 0.4) is 0 Å². The largest absolute Gasteiger partial charge is 0.151 e. The maximum atomic E-state index is 10.4. The van der Waals surface area contributed by atoms with Gasteiger partial charge in [0.05, 0.1) is 6.04 Å². The third-order valence-corrected chi connectivity index (χ3v) is 3.66. The number of nitrogens with zero attached hydrogens (tertiary/aromatic N) is 1. The number of rotatable bonds is 1. The van der Waals surface area contributed by atoms with Crippen LogP contribution in [0.5, 0.6) is 0 Å². The molecule has 0 aromatic rings. The summed E-state index contributed by atoms with van der Waals surface area (Å²) in [7, 11) is 0. The minimum Gasteiger partial charge on any atom is -0.151 e. The lowest BCUT2D eigenvalue weighted by Crippen LogP contribution is -2.29. The normalized spacial score (nSPS) is 41.8. The first-order valence-electron chi connectivity index (χ1n) is 5.22. The molecule has 0 aromatic heterocycles. The van der Waals surface area contributed by atoms with Gasteiger partial charge in [-0.1, -0.05) is 30.9 Å². The fraction of sp³-hybridized carbons (Fsp3) is 1.00. The Morgan fingerprint density at radius 1 is 0.917 bits per heavy atom. The van der Waals surface area contributed by atoms with Crippen molar-refractivity contribution in [3.63, 3.8) is 0 Å². The number of hydrogen-bond acceptors (Lipinski definition) is 2. The number of nitroso groups, excluding NO2 is 1. The minimum atomic E-state index is 0.157. The van der Waals surface area contributed by atoms with E-state index >= 15 is 0 Å². The van der Waals surface area contributed by atoms with Crippen molar-refractivity contribution in [1.29, 1.82) is 0 Å². The van der Waals surface area contributed by atoms with Crippen molar-refractivity contribution < 1.29 is 0 Å². The van der Waals surface area contributed by atoms with E-state index in [-0.39, 0.29) is 6.04 Å². The van der Waals surface area contributed by atoms with Crippen LogP contribution >= 0.6 is 0 Å². The van der Waals surface area contributed by atoms with Gasteiger partial charge in [-0.25, -0.2) is 0 Å². The van der Waals surface area contributed by atoms with Gasteiger partial charge in [-0.3, -0.25) is 0 Å². The van der Waals surface area contributed by atoms with E-state index in [4.69, 9.17) is 0 Å². The molecular weight excluding hydrogens is 150 g/mol. The summed E-state index contributed by atoms with van der Waals surface area (Å²) in [6.45, 7) is 0. The molecule has 0 saturated heterocycles. The summed E-state index contributed by atoms with van der Waals surface area (Å²) in [5.41, 5.74) is 0. The Morgan fingerprint density at radius 2 is 1.67 bits per heavy atom. The quantitative estimate of drug-likeness (QED) is 0.552. The van der Waals surface area contributed by atoms with Gasteiger partial charge in [0.25, 0.3) is 0 Å². The summed E-state index contributed by atoms with van der Waals surface area (Å²) in [6.07, 6.45) is 8.99. The lowest BCUT2D eigenvalue weighted by Gasteiger charge is -2.37. The number of hydrogen-bond donors (Lipinski definition) is 0. The lowest BCUT2D eigenvalue weighted by molar-refractivity contribution is 0.157. The predicted molar refractivity (Wildman–Crippen MR) is 48.9 cm³/mol. The molecule has 0 aromatic carbocycles. The molecule has 12 heavy (non-hydrogen) atoms. The van der Waals surface area contributed by atoms with Crippen LogP contribution < -0.4 is 0 Å². The smallest absolute Gasteiger partial charge is 0.0922 e. The van der Waals surface area contributed by atoms with Crippen LogP contribution in [0.4, 0.5) is 0 Å². The Labute approximate surface area is 73.7 Å². The van der Waals surface area contributed by atoms with Gasteiger partial charge < -0.3 is 0 Å². The molecule has 3 unspecified atom stereocenters. The van der Waals surface area contributed by atoms with Crippen LogP contribution in [0.2, 0.25) is 0 Å². The van der Waals surface area contributed by atoms with Crippen LogP contribution in [0.15, 0.2) is 5.18 Å². The van der Waals surface area contributed by atoms with E-state index in [1.807, 2.05) is 0 Å². The van der Waals surface area contributed by atoms with Crippen LogP contribution in [0.25, 0.3) is 0 Å². The highest BCUT2D eigenvalue weighted by Gasteiger charge is 2.32. The second-order valence-electron chi connectivity index (χ2n) is 4.38. The van der Waals surface area contributed by atoms with Gasteiger partial charge in [0.15, 0.2) is 0 Å². The first-order valence-corrected chi connectivity index (χ1v) is 5.22. The zero-order chi connectivity index (χ0) is 8.39. The zero-order valence-corrected chi connectivity index (χ0v) is 7.54. The van der Waals surface area contributed by atoms with E-state index in [1.54, 1.807) is 0 Å². The summed E-state index contributed by atoms with van der Waals surface area (Å²) in [5, 5.41) is 3.19. The Kier molecular flexibility index (Phi) is 2.43. The molecule has 0 aliphatic heterocycles. The molecule has 2 aliphatic carbocycles. The molecule has 0 heterocycles. The second kappa shape index (κ2) is 3.55. The monoisotopic (exact) mass is 167 g/mol. The van der Waals surface area contributed by atoms with Crippen LogP contribution in [0.1, 0.15) is 44.9 Å². The fourth-order valence-corrected chi connectivity index (χ4v) is 2.94.